The van der Waals surface area contributed by atoms with E-state index >= 15 is 0 Å². The van der Waals surface area contributed by atoms with E-state index in [9.17, 15) is 18.0 Å². The van der Waals surface area contributed by atoms with Crippen molar-refractivity contribution in [3.05, 3.63) is 33.8 Å². The molecule has 0 aromatic heterocycles. The van der Waals surface area contributed by atoms with Gasteiger partial charge in [-0.05, 0) is 37.5 Å². The molecule has 0 radical (unpaired) electrons. The van der Waals surface area contributed by atoms with Crippen LogP contribution in [0.25, 0.3) is 0 Å². The van der Waals surface area contributed by atoms with Crippen LogP contribution < -0.4 is 5.32 Å². The highest BCUT2D eigenvalue weighted by Crippen LogP contribution is 2.36. The van der Waals surface area contributed by atoms with E-state index in [0.29, 0.717) is 6.42 Å². The second kappa shape index (κ2) is 5.28. The first-order valence-corrected chi connectivity index (χ1v) is 7.47. The number of carbonyl (C=O) groups is 1. The minimum Gasteiger partial charge on any atom is -0.373 e. The summed E-state index contributed by atoms with van der Waals surface area (Å²) in [5.41, 5.74) is -1.29. The second-order valence-corrected chi connectivity index (χ2v) is 6.29. The molecule has 1 aromatic rings. The summed E-state index contributed by atoms with van der Waals surface area (Å²) in [6, 6.07) is 3.35. The molecule has 2 heterocycles. The molecule has 7 heteroatoms. The van der Waals surface area contributed by atoms with Gasteiger partial charge in [0.2, 0.25) is 0 Å². The maximum Gasteiger partial charge on any atom is 0.417 e. The van der Waals surface area contributed by atoms with Gasteiger partial charge in [-0.25, -0.2) is 0 Å². The van der Waals surface area contributed by atoms with Crippen molar-refractivity contribution in [3.63, 3.8) is 0 Å². The maximum absolute atomic E-state index is 13.0. The third-order valence-corrected chi connectivity index (χ3v) is 4.45. The molecule has 0 aliphatic carbocycles. The van der Waals surface area contributed by atoms with Gasteiger partial charge in [0.05, 0.1) is 29.4 Å². The molecule has 21 heavy (non-hydrogen) atoms. The number of benzene rings is 1. The minimum atomic E-state index is -4.57. The van der Waals surface area contributed by atoms with Gasteiger partial charge in [-0.3, -0.25) is 4.79 Å². The molecule has 1 N–H and O–H groups in total. The molecule has 2 saturated heterocycles. The molecular weight excluding hydrogens is 351 g/mol. The summed E-state index contributed by atoms with van der Waals surface area (Å²) in [7, 11) is 0. The van der Waals surface area contributed by atoms with E-state index in [1.165, 1.54) is 12.1 Å². The average molecular weight is 364 g/mol. The average Bonchev–Trinajstić information content (AvgIpc) is 2.99. The summed E-state index contributed by atoms with van der Waals surface area (Å²) >= 11 is 3.00. The highest BCUT2D eigenvalue weighted by molar-refractivity contribution is 9.10. The second-order valence-electron chi connectivity index (χ2n) is 5.38. The number of carbonyl (C=O) groups excluding carboxylic acids is 1. The zero-order valence-corrected chi connectivity index (χ0v) is 12.5. The summed E-state index contributed by atoms with van der Waals surface area (Å²) in [4.78, 5) is 12.2. The smallest absolute Gasteiger partial charge is 0.373 e. The Kier molecular flexibility index (Phi) is 3.73. The summed E-state index contributed by atoms with van der Waals surface area (Å²) in [6.07, 6.45) is -2.02. The van der Waals surface area contributed by atoms with Crippen LogP contribution in [0.1, 0.15) is 35.2 Å². The Hall–Kier alpha value is -1.08. The molecule has 1 aromatic carbocycles. The highest BCUT2D eigenvalue weighted by atomic mass is 79.9. The van der Waals surface area contributed by atoms with E-state index in [1.54, 1.807) is 0 Å². The van der Waals surface area contributed by atoms with Crippen LogP contribution in [0.2, 0.25) is 0 Å². The van der Waals surface area contributed by atoms with E-state index in [-0.39, 0.29) is 28.3 Å². The fraction of sp³-hybridized carbons (Fsp3) is 0.500. The van der Waals surface area contributed by atoms with Crippen molar-refractivity contribution in [1.82, 2.24) is 5.32 Å². The number of alkyl halides is 3. The Morgan fingerprint density at radius 2 is 2.10 bits per heavy atom. The number of fused-ring (bicyclic) bond motifs is 2. The third-order valence-electron chi connectivity index (χ3n) is 3.95. The number of rotatable bonds is 2. The van der Waals surface area contributed by atoms with Gasteiger partial charge in [-0.15, -0.1) is 0 Å². The van der Waals surface area contributed by atoms with Gasteiger partial charge in [-0.1, -0.05) is 15.9 Å². The minimum absolute atomic E-state index is 0.0660. The molecule has 2 fully saturated rings. The normalized spacial score (nSPS) is 27.9. The molecule has 0 saturated carbocycles. The lowest BCUT2D eigenvalue weighted by molar-refractivity contribution is -0.138. The maximum atomic E-state index is 13.0. The molecule has 2 aliphatic rings. The predicted octanol–water partition coefficient (Wildman–Crippen LogP) is 3.52. The predicted molar refractivity (Wildman–Crippen MR) is 72.9 cm³/mol. The van der Waals surface area contributed by atoms with E-state index < -0.39 is 17.6 Å². The topological polar surface area (TPSA) is 38.3 Å². The number of halogens is 4. The number of amides is 1. The Bertz CT molecular complexity index is 576. The van der Waals surface area contributed by atoms with Crippen LogP contribution >= 0.6 is 15.9 Å². The van der Waals surface area contributed by atoms with Crippen molar-refractivity contribution in [3.8, 4) is 0 Å². The van der Waals surface area contributed by atoms with E-state index in [4.69, 9.17) is 4.74 Å². The quantitative estimate of drug-likeness (QED) is 0.872. The zero-order chi connectivity index (χ0) is 15.2. The molecule has 3 rings (SSSR count). The molecule has 2 aliphatic heterocycles. The van der Waals surface area contributed by atoms with Crippen LogP contribution in [0.15, 0.2) is 22.7 Å². The van der Waals surface area contributed by atoms with Crippen molar-refractivity contribution in [2.45, 2.75) is 43.7 Å². The van der Waals surface area contributed by atoms with Crippen LogP contribution in [0.4, 0.5) is 13.2 Å². The van der Waals surface area contributed by atoms with Crippen LogP contribution in [0.3, 0.4) is 0 Å². The van der Waals surface area contributed by atoms with Crippen LogP contribution in [-0.2, 0) is 10.9 Å². The van der Waals surface area contributed by atoms with Crippen LogP contribution in [0, 0.1) is 0 Å². The van der Waals surface area contributed by atoms with E-state index in [1.807, 2.05) is 0 Å². The monoisotopic (exact) mass is 363 g/mol. The van der Waals surface area contributed by atoms with Crippen molar-refractivity contribution < 1.29 is 22.7 Å². The molecule has 3 unspecified atom stereocenters. The lowest BCUT2D eigenvalue weighted by Crippen LogP contribution is -2.41. The first kappa shape index (κ1) is 14.8. The number of nitrogens with one attached hydrogen (secondary N) is 1. The Morgan fingerprint density at radius 1 is 1.33 bits per heavy atom. The molecular formula is C14H13BrF3NO2. The summed E-state index contributed by atoms with van der Waals surface area (Å²) in [5.74, 6) is -0.698. The van der Waals surface area contributed by atoms with Gasteiger partial charge < -0.3 is 10.1 Å². The van der Waals surface area contributed by atoms with Gasteiger partial charge in [-0.2, -0.15) is 13.2 Å². The van der Waals surface area contributed by atoms with Gasteiger partial charge >= 0.3 is 6.18 Å². The third kappa shape index (κ3) is 2.94. The van der Waals surface area contributed by atoms with Gasteiger partial charge in [0.1, 0.15) is 0 Å². The number of ether oxygens (including phenoxy) is 1. The Labute approximate surface area is 128 Å². The summed E-state index contributed by atoms with van der Waals surface area (Å²) in [6.45, 7) is 0. The fourth-order valence-electron chi connectivity index (χ4n) is 2.98. The van der Waals surface area contributed by atoms with Crippen molar-refractivity contribution >= 4 is 21.8 Å². The van der Waals surface area contributed by atoms with Crippen molar-refractivity contribution in [2.75, 3.05) is 0 Å². The zero-order valence-electron chi connectivity index (χ0n) is 10.9. The number of hydrogen-bond donors (Lipinski definition) is 1. The SMILES string of the molecule is O=C(NC1CC2CCC1O2)c1ccc(Br)cc1C(F)(F)F. The van der Waals surface area contributed by atoms with E-state index in [2.05, 4.69) is 21.2 Å². The molecule has 3 atom stereocenters. The first-order chi connectivity index (χ1) is 9.84. The van der Waals surface area contributed by atoms with Crippen molar-refractivity contribution in [1.29, 1.82) is 0 Å². The lowest BCUT2D eigenvalue weighted by atomic mass is 9.95. The van der Waals surface area contributed by atoms with Gasteiger partial charge in [0.15, 0.2) is 0 Å². The molecule has 2 bridgehead atoms. The molecule has 0 spiro atoms. The van der Waals surface area contributed by atoms with Crippen LogP contribution in [-0.4, -0.2) is 24.2 Å². The van der Waals surface area contributed by atoms with Gasteiger partial charge in [0, 0.05) is 4.47 Å². The summed E-state index contributed by atoms with van der Waals surface area (Å²) in [5, 5.41) is 2.68. The van der Waals surface area contributed by atoms with Gasteiger partial charge in [0.25, 0.3) is 5.91 Å². The molecule has 1 amide bonds. The fourth-order valence-corrected chi connectivity index (χ4v) is 3.35. The Morgan fingerprint density at radius 3 is 2.67 bits per heavy atom. The Balaban J connectivity index is 1.81. The van der Waals surface area contributed by atoms with E-state index in [0.717, 1.165) is 18.9 Å². The van der Waals surface area contributed by atoms with Crippen LogP contribution in [0.5, 0.6) is 0 Å². The molecule has 114 valence electrons. The number of hydrogen-bond acceptors (Lipinski definition) is 2. The highest BCUT2D eigenvalue weighted by Gasteiger charge is 2.42. The van der Waals surface area contributed by atoms with Crippen molar-refractivity contribution in [2.24, 2.45) is 0 Å². The first-order valence-electron chi connectivity index (χ1n) is 6.67. The standard InChI is InChI=1S/C14H13BrF3NO2/c15-7-1-3-9(10(5-7)14(16,17)18)13(20)19-11-6-8-2-4-12(11)21-8/h1,3,5,8,11-12H,2,4,6H2,(H,19,20). The molecule has 3 nitrogen and oxygen atoms in total. The summed E-state index contributed by atoms with van der Waals surface area (Å²) < 4.78 is 45.0. The largest absolute Gasteiger partial charge is 0.417 e. The lowest BCUT2D eigenvalue weighted by Gasteiger charge is -2.21.